The average Bonchev–Trinajstić information content (AvgIpc) is 3.00. The summed E-state index contributed by atoms with van der Waals surface area (Å²) in [6.07, 6.45) is 3.81. The van der Waals surface area contributed by atoms with Gasteiger partial charge in [0.15, 0.2) is 5.96 Å². The first-order valence-electron chi connectivity index (χ1n) is 10.3. The van der Waals surface area contributed by atoms with E-state index in [4.69, 9.17) is 4.99 Å². The number of aromatic nitrogens is 1. The molecule has 0 aliphatic carbocycles. The van der Waals surface area contributed by atoms with Crippen molar-refractivity contribution in [3.8, 4) is 0 Å². The summed E-state index contributed by atoms with van der Waals surface area (Å²) in [5, 5.41) is 17.5. The van der Waals surface area contributed by atoms with E-state index in [1.165, 1.54) is 22.2 Å². The quantitative estimate of drug-likeness (QED) is 0.222. The van der Waals surface area contributed by atoms with Gasteiger partial charge < -0.3 is 20.7 Å². The van der Waals surface area contributed by atoms with Gasteiger partial charge in [-0.05, 0) is 56.6 Å². The fourth-order valence-electron chi connectivity index (χ4n) is 3.69. The lowest BCUT2D eigenvalue weighted by atomic mass is 9.79. The van der Waals surface area contributed by atoms with E-state index in [-0.39, 0.29) is 36.0 Å². The van der Waals surface area contributed by atoms with Crippen molar-refractivity contribution in [2.45, 2.75) is 53.4 Å². The van der Waals surface area contributed by atoms with Gasteiger partial charge in [-0.15, -0.1) is 24.0 Å². The normalized spacial score (nSPS) is 12.1. The van der Waals surface area contributed by atoms with Gasteiger partial charge in [0.25, 0.3) is 0 Å². The zero-order chi connectivity index (χ0) is 19.7. The number of hydrogen-bond acceptors (Lipinski definition) is 2. The van der Waals surface area contributed by atoms with E-state index in [0.29, 0.717) is 0 Å². The maximum absolute atomic E-state index is 9.41. The Kier molecular flexibility index (Phi) is 10.9. The Morgan fingerprint density at radius 3 is 2.50 bits per heavy atom. The van der Waals surface area contributed by atoms with Gasteiger partial charge in [-0.2, -0.15) is 0 Å². The highest BCUT2D eigenvalue weighted by atomic mass is 127. The van der Waals surface area contributed by atoms with Crippen LogP contribution in [0.5, 0.6) is 0 Å². The number of hydrogen-bond donors (Lipinski definition) is 4. The Bertz CT molecular complexity index is 737. The Balaban J connectivity index is 0.00000392. The summed E-state index contributed by atoms with van der Waals surface area (Å²) in [6, 6.07) is 8.46. The van der Waals surface area contributed by atoms with Gasteiger partial charge in [-0.3, -0.25) is 4.99 Å². The van der Waals surface area contributed by atoms with Crippen LogP contribution < -0.4 is 10.6 Å². The van der Waals surface area contributed by atoms with Gasteiger partial charge in [-0.1, -0.05) is 32.0 Å². The maximum atomic E-state index is 9.41. The molecule has 28 heavy (non-hydrogen) atoms. The number of aryl methyl sites for hydroxylation is 1. The topological polar surface area (TPSA) is 72.4 Å². The summed E-state index contributed by atoms with van der Waals surface area (Å²) in [5.74, 6) is 0.860. The van der Waals surface area contributed by atoms with Crippen LogP contribution in [0.4, 0.5) is 0 Å². The molecule has 0 saturated carbocycles. The minimum atomic E-state index is 0. The van der Waals surface area contributed by atoms with Crippen LogP contribution in [0.15, 0.2) is 29.3 Å². The molecule has 0 aliphatic heterocycles. The number of nitrogens with zero attached hydrogens (tertiary/aromatic N) is 1. The second-order valence-electron chi connectivity index (χ2n) is 7.33. The number of benzene rings is 1. The van der Waals surface area contributed by atoms with Crippen molar-refractivity contribution in [1.82, 2.24) is 15.6 Å². The van der Waals surface area contributed by atoms with Gasteiger partial charge >= 0.3 is 0 Å². The van der Waals surface area contributed by atoms with Gasteiger partial charge in [0.2, 0.25) is 0 Å². The molecular formula is C22H37IN4O. The number of nitrogens with one attached hydrogen (secondary N) is 3. The number of rotatable bonds is 10. The molecule has 0 atom stereocenters. The number of H-pyrrole nitrogens is 1. The lowest BCUT2D eigenvalue weighted by Crippen LogP contribution is -2.39. The minimum Gasteiger partial charge on any atom is -0.396 e. The van der Waals surface area contributed by atoms with Crippen molar-refractivity contribution in [2.75, 3.05) is 26.2 Å². The van der Waals surface area contributed by atoms with Crippen LogP contribution in [0, 0.1) is 12.3 Å². The number of halogens is 1. The molecule has 4 N–H and O–H groups in total. The molecule has 1 aromatic heterocycles. The molecule has 0 bridgehead atoms. The molecule has 0 amide bonds. The van der Waals surface area contributed by atoms with Crippen LogP contribution in [0.3, 0.4) is 0 Å². The van der Waals surface area contributed by atoms with E-state index in [1.54, 1.807) is 0 Å². The summed E-state index contributed by atoms with van der Waals surface area (Å²) < 4.78 is 0. The largest absolute Gasteiger partial charge is 0.396 e. The van der Waals surface area contributed by atoms with Crippen LogP contribution >= 0.6 is 24.0 Å². The molecule has 1 aromatic carbocycles. The molecule has 2 aromatic rings. The Hall–Kier alpha value is -1.28. The van der Waals surface area contributed by atoms with Crippen LogP contribution in [0.25, 0.3) is 10.9 Å². The van der Waals surface area contributed by atoms with E-state index >= 15 is 0 Å². The third kappa shape index (κ3) is 6.37. The number of aliphatic hydroxyl groups excluding tert-OH is 1. The first kappa shape index (κ1) is 24.8. The monoisotopic (exact) mass is 500 g/mol. The van der Waals surface area contributed by atoms with Crippen molar-refractivity contribution in [3.63, 3.8) is 0 Å². The Morgan fingerprint density at radius 1 is 1.14 bits per heavy atom. The molecular weight excluding hydrogens is 463 g/mol. The summed E-state index contributed by atoms with van der Waals surface area (Å²) in [4.78, 5) is 8.29. The molecule has 0 fully saturated rings. The van der Waals surface area contributed by atoms with Crippen molar-refractivity contribution in [3.05, 3.63) is 35.5 Å². The molecule has 0 aliphatic rings. The van der Waals surface area contributed by atoms with Gasteiger partial charge in [0, 0.05) is 42.8 Å². The first-order valence-corrected chi connectivity index (χ1v) is 10.3. The maximum Gasteiger partial charge on any atom is 0.191 e. The highest BCUT2D eigenvalue weighted by Crippen LogP contribution is 2.30. The predicted molar refractivity (Wildman–Crippen MR) is 131 cm³/mol. The number of guanidine groups is 1. The van der Waals surface area contributed by atoms with Crippen molar-refractivity contribution in [2.24, 2.45) is 10.4 Å². The first-order chi connectivity index (χ1) is 13.1. The lowest BCUT2D eigenvalue weighted by Gasteiger charge is -2.29. The van der Waals surface area contributed by atoms with E-state index in [2.05, 4.69) is 67.6 Å². The summed E-state index contributed by atoms with van der Waals surface area (Å²) in [7, 11) is 0. The third-order valence-electron chi connectivity index (χ3n) is 5.75. The number of fused-ring (bicyclic) bond motifs is 1. The van der Waals surface area contributed by atoms with Gasteiger partial charge in [0.1, 0.15) is 0 Å². The predicted octanol–water partition coefficient (Wildman–Crippen LogP) is 4.38. The molecule has 6 heteroatoms. The second-order valence-corrected chi connectivity index (χ2v) is 7.33. The highest BCUT2D eigenvalue weighted by Gasteiger charge is 2.25. The lowest BCUT2D eigenvalue weighted by molar-refractivity contribution is 0.175. The van der Waals surface area contributed by atoms with Gasteiger partial charge in [-0.25, -0.2) is 0 Å². The number of aromatic amines is 1. The van der Waals surface area contributed by atoms with E-state index in [0.717, 1.165) is 51.3 Å². The molecule has 0 unspecified atom stereocenters. The molecule has 2 rings (SSSR count). The van der Waals surface area contributed by atoms with Crippen molar-refractivity contribution in [1.29, 1.82) is 0 Å². The molecule has 0 radical (unpaired) electrons. The van der Waals surface area contributed by atoms with Crippen LogP contribution in [-0.2, 0) is 6.42 Å². The summed E-state index contributed by atoms with van der Waals surface area (Å²) in [6.45, 7) is 11.2. The summed E-state index contributed by atoms with van der Waals surface area (Å²) in [5.41, 5.74) is 3.89. The van der Waals surface area contributed by atoms with Crippen LogP contribution in [0.2, 0.25) is 0 Å². The van der Waals surface area contributed by atoms with E-state index < -0.39 is 0 Å². The fraction of sp³-hybridized carbons (Fsp3) is 0.591. The Morgan fingerprint density at radius 2 is 1.86 bits per heavy atom. The summed E-state index contributed by atoms with van der Waals surface area (Å²) >= 11 is 0. The van der Waals surface area contributed by atoms with E-state index in [9.17, 15) is 5.11 Å². The zero-order valence-corrected chi connectivity index (χ0v) is 20.1. The molecule has 0 spiro atoms. The second kappa shape index (κ2) is 12.3. The standard InChI is InChI=1S/C22H36N4O.HI/c1-5-22(6-2,13-15-27)16-25-21(23-7-3)24-14-12-18-17(4)26-20-11-9-8-10-19(18)20;/h8-11,26-27H,5-7,12-16H2,1-4H3,(H2,23,24,25);1H. The van der Waals surface area contributed by atoms with Crippen molar-refractivity contribution >= 4 is 40.8 Å². The molecule has 1 heterocycles. The Labute approximate surface area is 186 Å². The SMILES string of the molecule is CCNC(=NCC(CC)(CC)CCO)NCCc1c(C)[nH]c2ccccc12.I. The number of para-hydroxylation sites is 1. The van der Waals surface area contributed by atoms with E-state index in [1.807, 2.05) is 0 Å². The molecule has 5 nitrogen and oxygen atoms in total. The molecule has 158 valence electrons. The number of aliphatic hydroxyl groups is 1. The van der Waals surface area contributed by atoms with Gasteiger partial charge in [0.05, 0.1) is 0 Å². The molecule has 0 saturated heterocycles. The third-order valence-corrected chi connectivity index (χ3v) is 5.75. The minimum absolute atomic E-state index is 0. The number of aliphatic imine (C=N–C) groups is 1. The highest BCUT2D eigenvalue weighted by molar-refractivity contribution is 14.0. The van der Waals surface area contributed by atoms with Crippen LogP contribution in [0.1, 0.15) is 51.3 Å². The fourth-order valence-corrected chi connectivity index (χ4v) is 3.69. The average molecular weight is 500 g/mol. The smallest absolute Gasteiger partial charge is 0.191 e. The zero-order valence-electron chi connectivity index (χ0n) is 17.8. The van der Waals surface area contributed by atoms with Crippen molar-refractivity contribution < 1.29 is 5.11 Å². The van der Waals surface area contributed by atoms with Crippen LogP contribution in [-0.4, -0.2) is 42.3 Å².